The molecule has 0 aromatic rings. The van der Waals surface area contributed by atoms with Gasteiger partial charge >= 0.3 is 0 Å². The van der Waals surface area contributed by atoms with E-state index in [1.54, 1.807) is 0 Å². The molecule has 2 aliphatic rings. The highest BCUT2D eigenvalue weighted by Crippen LogP contribution is 2.58. The van der Waals surface area contributed by atoms with Gasteiger partial charge in [-0.1, -0.05) is 42.6 Å². The molecule has 1 spiro atoms. The lowest BCUT2D eigenvalue weighted by Crippen LogP contribution is -2.54. The molecule has 3 unspecified atom stereocenters. The van der Waals surface area contributed by atoms with Crippen LogP contribution in [0.4, 0.5) is 0 Å². The van der Waals surface area contributed by atoms with Crippen molar-refractivity contribution in [1.82, 2.24) is 0 Å². The number of ether oxygens (including phenoxy) is 1. The van der Waals surface area contributed by atoms with Gasteiger partial charge in [-0.25, -0.2) is 0 Å². The summed E-state index contributed by atoms with van der Waals surface area (Å²) in [6.45, 7) is 6.79. The first kappa shape index (κ1) is 12.9. The fraction of sp³-hybridized carbons (Fsp3) is 1.00. The minimum absolute atomic E-state index is 0.433. The highest BCUT2D eigenvalue weighted by molar-refractivity contribution is 9.09. The average molecular weight is 289 g/mol. The molecule has 0 aromatic carbocycles. The van der Waals surface area contributed by atoms with Crippen molar-refractivity contribution >= 4 is 15.9 Å². The van der Waals surface area contributed by atoms with E-state index in [0.717, 1.165) is 10.7 Å². The number of rotatable bonds is 4. The third-order valence-electron chi connectivity index (χ3n) is 4.42. The van der Waals surface area contributed by atoms with Crippen molar-refractivity contribution in [3.8, 4) is 0 Å². The second-order valence-electron chi connectivity index (χ2n) is 6.21. The molecule has 3 atom stereocenters. The monoisotopic (exact) mass is 288 g/mol. The Morgan fingerprint density at radius 3 is 2.38 bits per heavy atom. The highest BCUT2D eigenvalue weighted by atomic mass is 79.9. The highest BCUT2D eigenvalue weighted by Gasteiger charge is 2.55. The minimum Gasteiger partial charge on any atom is -0.375 e. The smallest absolute Gasteiger partial charge is 0.0656 e. The maximum absolute atomic E-state index is 6.28. The zero-order chi connectivity index (χ0) is 11.8. The first-order chi connectivity index (χ1) is 7.54. The second kappa shape index (κ2) is 4.97. The predicted molar refractivity (Wildman–Crippen MR) is 72.0 cm³/mol. The molecule has 0 N–H and O–H groups in total. The van der Waals surface area contributed by atoms with Gasteiger partial charge in [0, 0.05) is 10.2 Å². The SMILES string of the molecule is CC(C)CC(C)OC1CC(Br)C12CCCC2. The van der Waals surface area contributed by atoms with E-state index in [1.165, 1.54) is 38.5 Å². The molecule has 2 aliphatic carbocycles. The first-order valence-corrected chi connectivity index (χ1v) is 7.75. The van der Waals surface area contributed by atoms with Gasteiger partial charge < -0.3 is 4.74 Å². The summed E-state index contributed by atoms with van der Waals surface area (Å²) < 4.78 is 6.28. The first-order valence-electron chi connectivity index (χ1n) is 6.84. The van der Waals surface area contributed by atoms with Gasteiger partial charge in [0.1, 0.15) is 0 Å². The van der Waals surface area contributed by atoms with E-state index in [-0.39, 0.29) is 0 Å². The summed E-state index contributed by atoms with van der Waals surface area (Å²) >= 11 is 3.85. The molecular weight excluding hydrogens is 264 g/mol. The van der Waals surface area contributed by atoms with Crippen LogP contribution in [0.5, 0.6) is 0 Å². The predicted octanol–water partition coefficient (Wildman–Crippen LogP) is 4.53. The van der Waals surface area contributed by atoms with Crippen molar-refractivity contribution in [2.75, 3.05) is 0 Å². The maximum atomic E-state index is 6.28. The molecule has 2 rings (SSSR count). The van der Waals surface area contributed by atoms with Crippen molar-refractivity contribution in [2.24, 2.45) is 11.3 Å². The van der Waals surface area contributed by atoms with Crippen LogP contribution in [0.3, 0.4) is 0 Å². The van der Waals surface area contributed by atoms with E-state index < -0.39 is 0 Å². The van der Waals surface area contributed by atoms with Crippen LogP contribution in [0.2, 0.25) is 0 Å². The number of hydrogen-bond acceptors (Lipinski definition) is 1. The Hall–Kier alpha value is 0.440. The van der Waals surface area contributed by atoms with E-state index in [0.29, 0.717) is 17.6 Å². The normalized spacial score (nSPS) is 34.3. The van der Waals surface area contributed by atoms with E-state index in [1.807, 2.05) is 0 Å². The quantitative estimate of drug-likeness (QED) is 0.691. The number of halogens is 1. The summed E-state index contributed by atoms with van der Waals surface area (Å²) in [4.78, 5) is 0.721. The van der Waals surface area contributed by atoms with Gasteiger partial charge in [-0.15, -0.1) is 0 Å². The molecule has 0 amide bonds. The van der Waals surface area contributed by atoms with Crippen LogP contribution < -0.4 is 0 Å². The molecule has 2 heteroatoms. The van der Waals surface area contributed by atoms with E-state index in [9.17, 15) is 0 Å². The van der Waals surface area contributed by atoms with Crippen LogP contribution in [0, 0.1) is 11.3 Å². The van der Waals surface area contributed by atoms with Crippen molar-refractivity contribution in [3.05, 3.63) is 0 Å². The van der Waals surface area contributed by atoms with E-state index >= 15 is 0 Å². The van der Waals surface area contributed by atoms with Crippen LogP contribution in [-0.2, 0) is 4.74 Å². The molecule has 0 aliphatic heterocycles. The third-order valence-corrected chi connectivity index (χ3v) is 5.71. The summed E-state index contributed by atoms with van der Waals surface area (Å²) in [6.07, 6.45) is 8.95. The summed E-state index contributed by atoms with van der Waals surface area (Å²) in [5.41, 5.74) is 0.505. The summed E-state index contributed by atoms with van der Waals surface area (Å²) in [7, 11) is 0. The van der Waals surface area contributed by atoms with Crippen LogP contribution in [-0.4, -0.2) is 17.0 Å². The molecule has 0 heterocycles. The largest absolute Gasteiger partial charge is 0.375 e. The molecule has 2 saturated carbocycles. The van der Waals surface area contributed by atoms with Gasteiger partial charge in [-0.05, 0) is 38.5 Å². The Labute approximate surface area is 108 Å². The third kappa shape index (κ3) is 2.33. The fourth-order valence-electron chi connectivity index (χ4n) is 3.56. The van der Waals surface area contributed by atoms with E-state index in [2.05, 4.69) is 36.7 Å². The van der Waals surface area contributed by atoms with Gasteiger partial charge in [0.15, 0.2) is 0 Å². The number of hydrogen-bond donors (Lipinski definition) is 0. The van der Waals surface area contributed by atoms with Gasteiger partial charge in [0.2, 0.25) is 0 Å². The molecule has 2 fully saturated rings. The van der Waals surface area contributed by atoms with Crippen molar-refractivity contribution in [1.29, 1.82) is 0 Å². The summed E-state index contributed by atoms with van der Waals surface area (Å²) in [6, 6.07) is 0. The van der Waals surface area contributed by atoms with Crippen molar-refractivity contribution in [2.45, 2.75) is 76.3 Å². The summed E-state index contributed by atoms with van der Waals surface area (Å²) in [5, 5.41) is 0. The second-order valence-corrected chi connectivity index (χ2v) is 7.31. The lowest BCUT2D eigenvalue weighted by molar-refractivity contribution is -0.132. The van der Waals surface area contributed by atoms with Crippen molar-refractivity contribution < 1.29 is 4.74 Å². The lowest BCUT2D eigenvalue weighted by Gasteiger charge is -2.52. The van der Waals surface area contributed by atoms with Crippen LogP contribution >= 0.6 is 15.9 Å². The number of alkyl halides is 1. The molecule has 0 aromatic heterocycles. The zero-order valence-electron chi connectivity index (χ0n) is 10.8. The summed E-state index contributed by atoms with van der Waals surface area (Å²) in [5.74, 6) is 0.745. The van der Waals surface area contributed by atoms with Crippen LogP contribution in [0.15, 0.2) is 0 Å². The Balaban J connectivity index is 1.86. The Kier molecular flexibility index (Phi) is 4.01. The van der Waals surface area contributed by atoms with E-state index in [4.69, 9.17) is 4.74 Å². The lowest BCUT2D eigenvalue weighted by atomic mass is 9.64. The molecular formula is C14H25BrO. The Morgan fingerprint density at radius 2 is 1.88 bits per heavy atom. The van der Waals surface area contributed by atoms with Crippen molar-refractivity contribution in [3.63, 3.8) is 0 Å². The minimum atomic E-state index is 0.433. The molecule has 0 radical (unpaired) electrons. The van der Waals surface area contributed by atoms with Gasteiger partial charge in [0.05, 0.1) is 12.2 Å². The van der Waals surface area contributed by atoms with Gasteiger partial charge in [0.25, 0.3) is 0 Å². The standard InChI is InChI=1S/C14H25BrO/c1-10(2)8-11(3)16-13-9-12(15)14(13)6-4-5-7-14/h10-13H,4-9H2,1-3H3. The van der Waals surface area contributed by atoms with Crippen LogP contribution in [0.25, 0.3) is 0 Å². The molecule has 0 saturated heterocycles. The molecule has 0 bridgehead atoms. The average Bonchev–Trinajstić information content (AvgIpc) is 2.67. The molecule has 94 valence electrons. The fourth-order valence-corrected chi connectivity index (χ4v) is 4.65. The van der Waals surface area contributed by atoms with Crippen LogP contribution in [0.1, 0.15) is 59.3 Å². The van der Waals surface area contributed by atoms with Gasteiger partial charge in [-0.3, -0.25) is 0 Å². The van der Waals surface area contributed by atoms with Gasteiger partial charge in [-0.2, -0.15) is 0 Å². The maximum Gasteiger partial charge on any atom is 0.0656 e. The zero-order valence-corrected chi connectivity index (χ0v) is 12.4. The topological polar surface area (TPSA) is 9.23 Å². The Bertz CT molecular complexity index is 233. The Morgan fingerprint density at radius 1 is 1.25 bits per heavy atom. The molecule has 16 heavy (non-hydrogen) atoms. The molecule has 1 nitrogen and oxygen atoms in total.